The lowest BCUT2D eigenvalue weighted by Crippen LogP contribution is -2.49. The summed E-state index contributed by atoms with van der Waals surface area (Å²) in [7, 11) is 0. The van der Waals surface area contributed by atoms with E-state index >= 15 is 0 Å². The predicted molar refractivity (Wildman–Crippen MR) is 93.2 cm³/mol. The molecule has 0 spiro atoms. The fourth-order valence-corrected chi connectivity index (χ4v) is 4.25. The predicted octanol–water partition coefficient (Wildman–Crippen LogP) is 5.19. The van der Waals surface area contributed by atoms with E-state index in [4.69, 9.17) is 4.74 Å². The molecular formula is C20H27F4NO. The molecule has 1 saturated heterocycles. The quantitative estimate of drug-likeness (QED) is 0.610. The van der Waals surface area contributed by atoms with E-state index in [1.54, 1.807) is 0 Å². The third-order valence-corrected chi connectivity index (χ3v) is 5.64. The van der Waals surface area contributed by atoms with Crippen LogP contribution in [0.4, 0.5) is 17.6 Å². The molecule has 0 bridgehead atoms. The van der Waals surface area contributed by atoms with Crippen LogP contribution in [0.25, 0.3) is 0 Å². The molecule has 1 aliphatic carbocycles. The Morgan fingerprint density at radius 1 is 1.04 bits per heavy atom. The summed E-state index contributed by atoms with van der Waals surface area (Å²) in [5.74, 6) is 0.581. The molecule has 1 aromatic carbocycles. The Balaban J connectivity index is 1.49. The summed E-state index contributed by atoms with van der Waals surface area (Å²) in [6, 6.07) is 7.54. The van der Waals surface area contributed by atoms with E-state index in [0.29, 0.717) is 13.0 Å². The third-order valence-electron chi connectivity index (χ3n) is 5.64. The highest BCUT2D eigenvalue weighted by atomic mass is 19.4. The van der Waals surface area contributed by atoms with Crippen LogP contribution < -0.4 is 4.74 Å². The first-order chi connectivity index (χ1) is 12.4. The Hall–Kier alpha value is -1.30. The normalized spacial score (nSPS) is 25.1. The molecule has 1 aromatic rings. The van der Waals surface area contributed by atoms with Crippen LogP contribution in [0.15, 0.2) is 24.3 Å². The van der Waals surface area contributed by atoms with Gasteiger partial charge in [-0.1, -0.05) is 25.0 Å². The highest BCUT2D eigenvalue weighted by molar-refractivity contribution is 5.30. The fraction of sp³-hybridized carbons (Fsp3) is 0.700. The summed E-state index contributed by atoms with van der Waals surface area (Å²) in [5, 5.41) is 0. The number of rotatable bonds is 7. The lowest BCUT2D eigenvalue weighted by atomic mass is 9.74. The second-order valence-electron chi connectivity index (χ2n) is 7.67. The van der Waals surface area contributed by atoms with Gasteiger partial charge in [0.2, 0.25) is 0 Å². The standard InChI is InChI=1S/C20H27F4NO/c21-12-15-13-25(14-15)9-10-26-18-7-5-16(6-8-18)19-4-2-1-3-17(19)11-20(22,23)24/h5-8,15,17,19H,1-4,9-14H2. The Labute approximate surface area is 152 Å². The van der Waals surface area contributed by atoms with E-state index in [9.17, 15) is 17.6 Å². The zero-order valence-corrected chi connectivity index (χ0v) is 15.0. The highest BCUT2D eigenvalue weighted by Gasteiger charge is 2.37. The molecule has 146 valence electrons. The van der Waals surface area contributed by atoms with E-state index < -0.39 is 12.6 Å². The van der Waals surface area contributed by atoms with Crippen molar-refractivity contribution in [2.24, 2.45) is 11.8 Å². The minimum absolute atomic E-state index is 0.0156. The first-order valence-corrected chi connectivity index (χ1v) is 9.52. The van der Waals surface area contributed by atoms with Crippen LogP contribution in [0.1, 0.15) is 43.6 Å². The van der Waals surface area contributed by atoms with E-state index in [-0.39, 0.29) is 24.4 Å². The number of alkyl halides is 4. The Morgan fingerprint density at radius 2 is 1.73 bits per heavy atom. The average molecular weight is 373 g/mol. The van der Waals surface area contributed by atoms with Gasteiger partial charge in [-0.3, -0.25) is 9.29 Å². The molecule has 26 heavy (non-hydrogen) atoms. The zero-order chi connectivity index (χ0) is 18.6. The molecule has 2 atom stereocenters. The monoisotopic (exact) mass is 373 g/mol. The maximum atomic E-state index is 12.8. The number of hydrogen-bond donors (Lipinski definition) is 0. The van der Waals surface area contributed by atoms with Crippen LogP contribution >= 0.6 is 0 Å². The maximum Gasteiger partial charge on any atom is 0.389 e. The van der Waals surface area contributed by atoms with Crippen molar-refractivity contribution in [2.75, 3.05) is 32.9 Å². The maximum absolute atomic E-state index is 12.8. The van der Waals surface area contributed by atoms with Gasteiger partial charge in [0.05, 0.1) is 6.67 Å². The molecule has 0 amide bonds. The van der Waals surface area contributed by atoms with Crippen LogP contribution in [0, 0.1) is 11.8 Å². The minimum atomic E-state index is -4.10. The van der Waals surface area contributed by atoms with Crippen LogP contribution in [-0.2, 0) is 0 Å². The molecule has 0 radical (unpaired) electrons. The summed E-state index contributed by atoms with van der Waals surface area (Å²) in [6.07, 6.45) is -1.43. The SMILES string of the molecule is FCC1CN(CCOc2ccc(C3CCCCC3CC(F)(F)F)cc2)C1. The average Bonchev–Trinajstić information content (AvgIpc) is 2.57. The van der Waals surface area contributed by atoms with Gasteiger partial charge in [0.25, 0.3) is 0 Å². The first-order valence-electron chi connectivity index (χ1n) is 9.52. The van der Waals surface area contributed by atoms with E-state index in [1.165, 1.54) is 0 Å². The van der Waals surface area contributed by atoms with Crippen molar-refractivity contribution >= 4 is 0 Å². The van der Waals surface area contributed by atoms with Gasteiger partial charge in [0.15, 0.2) is 0 Å². The van der Waals surface area contributed by atoms with Gasteiger partial charge in [-0.25, -0.2) is 0 Å². The van der Waals surface area contributed by atoms with Crippen molar-refractivity contribution in [1.29, 1.82) is 0 Å². The second-order valence-corrected chi connectivity index (χ2v) is 7.67. The number of hydrogen-bond acceptors (Lipinski definition) is 2. The van der Waals surface area contributed by atoms with Crippen molar-refractivity contribution in [3.63, 3.8) is 0 Å². The molecule has 6 heteroatoms. The van der Waals surface area contributed by atoms with Gasteiger partial charge < -0.3 is 4.74 Å². The molecule has 2 aliphatic rings. The van der Waals surface area contributed by atoms with Crippen molar-refractivity contribution in [3.8, 4) is 5.75 Å². The lowest BCUT2D eigenvalue weighted by molar-refractivity contribution is -0.148. The number of nitrogens with zero attached hydrogens (tertiary/aromatic N) is 1. The largest absolute Gasteiger partial charge is 0.492 e. The van der Waals surface area contributed by atoms with Gasteiger partial charge in [-0.15, -0.1) is 0 Å². The summed E-state index contributed by atoms with van der Waals surface area (Å²) in [5.41, 5.74) is 0.986. The van der Waals surface area contributed by atoms with Gasteiger partial charge in [-0.2, -0.15) is 13.2 Å². The second kappa shape index (κ2) is 8.59. The van der Waals surface area contributed by atoms with Crippen LogP contribution in [0.2, 0.25) is 0 Å². The molecule has 1 heterocycles. The van der Waals surface area contributed by atoms with Crippen molar-refractivity contribution < 1.29 is 22.3 Å². The number of halogens is 4. The number of ether oxygens (including phenoxy) is 1. The van der Waals surface area contributed by atoms with Gasteiger partial charge in [0.1, 0.15) is 12.4 Å². The molecule has 2 unspecified atom stereocenters. The van der Waals surface area contributed by atoms with Crippen LogP contribution in [0.3, 0.4) is 0 Å². The summed E-state index contributed by atoms with van der Waals surface area (Å²) in [6.45, 7) is 2.64. The van der Waals surface area contributed by atoms with E-state index in [2.05, 4.69) is 4.90 Å². The lowest BCUT2D eigenvalue weighted by Gasteiger charge is -2.37. The minimum Gasteiger partial charge on any atom is -0.492 e. The molecule has 1 aliphatic heterocycles. The first kappa shape index (κ1) is 19.5. The summed E-state index contributed by atoms with van der Waals surface area (Å²) in [4.78, 5) is 2.16. The molecule has 3 rings (SSSR count). The van der Waals surface area contributed by atoms with Crippen LogP contribution in [-0.4, -0.2) is 44.0 Å². The van der Waals surface area contributed by atoms with Gasteiger partial charge in [-0.05, 0) is 42.4 Å². The van der Waals surface area contributed by atoms with Gasteiger partial charge >= 0.3 is 6.18 Å². The molecule has 0 N–H and O–H groups in total. The molecule has 0 aromatic heterocycles. The number of benzene rings is 1. The van der Waals surface area contributed by atoms with Crippen molar-refractivity contribution in [3.05, 3.63) is 29.8 Å². The van der Waals surface area contributed by atoms with Crippen molar-refractivity contribution in [2.45, 2.75) is 44.2 Å². The Morgan fingerprint density at radius 3 is 2.38 bits per heavy atom. The van der Waals surface area contributed by atoms with Crippen LogP contribution in [0.5, 0.6) is 5.75 Å². The Bertz CT molecular complexity index is 554. The van der Waals surface area contributed by atoms with E-state index in [1.807, 2.05) is 24.3 Å². The fourth-order valence-electron chi connectivity index (χ4n) is 4.25. The highest BCUT2D eigenvalue weighted by Crippen LogP contribution is 2.43. The zero-order valence-electron chi connectivity index (χ0n) is 15.0. The molecule has 2 fully saturated rings. The molecule has 2 nitrogen and oxygen atoms in total. The van der Waals surface area contributed by atoms with E-state index in [0.717, 1.165) is 50.2 Å². The van der Waals surface area contributed by atoms with Gasteiger partial charge in [0, 0.05) is 32.0 Å². The van der Waals surface area contributed by atoms with Crippen molar-refractivity contribution in [1.82, 2.24) is 4.90 Å². The number of likely N-dealkylation sites (tertiary alicyclic amines) is 1. The summed E-state index contributed by atoms with van der Waals surface area (Å²) < 4.78 is 56.6. The smallest absolute Gasteiger partial charge is 0.389 e. The molecular weight excluding hydrogens is 346 g/mol. The third kappa shape index (κ3) is 5.35. The Kier molecular flexibility index (Phi) is 6.43. The topological polar surface area (TPSA) is 12.5 Å². The molecule has 1 saturated carbocycles. The summed E-state index contributed by atoms with van der Waals surface area (Å²) >= 11 is 0.